The van der Waals surface area contributed by atoms with Gasteiger partial charge in [0.1, 0.15) is 6.29 Å². The van der Waals surface area contributed by atoms with Crippen LogP contribution in [0.5, 0.6) is 0 Å². The molecule has 1 aromatic carbocycles. The second-order valence-corrected chi connectivity index (χ2v) is 3.00. The summed E-state index contributed by atoms with van der Waals surface area (Å²) in [7, 11) is 0. The van der Waals surface area contributed by atoms with Crippen molar-refractivity contribution in [2.75, 3.05) is 0 Å². The Morgan fingerprint density at radius 3 is 2.50 bits per heavy atom. The van der Waals surface area contributed by atoms with E-state index in [2.05, 4.69) is 0 Å². The average molecular weight is 190 g/mol. The molecule has 0 heterocycles. The summed E-state index contributed by atoms with van der Waals surface area (Å²) in [6.07, 6.45) is 0.511. The van der Waals surface area contributed by atoms with Crippen molar-refractivity contribution in [1.29, 1.82) is 5.26 Å². The predicted octanol–water partition coefficient (Wildman–Crippen LogP) is 0.517. The van der Waals surface area contributed by atoms with Gasteiger partial charge in [-0.15, -0.1) is 0 Å². The first-order valence-corrected chi connectivity index (χ1v) is 4.04. The summed E-state index contributed by atoms with van der Waals surface area (Å²) in [6, 6.07) is 7.93. The maximum atomic E-state index is 10.3. The molecule has 72 valence electrons. The average Bonchev–Trinajstić information content (AvgIpc) is 2.18. The topological polar surface area (TPSA) is 87.1 Å². The third kappa shape index (κ3) is 2.16. The summed E-state index contributed by atoms with van der Waals surface area (Å²) in [6.45, 7) is 0. The van der Waals surface area contributed by atoms with Gasteiger partial charge in [0, 0.05) is 5.56 Å². The molecule has 0 amide bonds. The Morgan fingerprint density at radius 2 is 2.07 bits per heavy atom. The van der Waals surface area contributed by atoms with Crippen molar-refractivity contribution in [3.8, 4) is 6.07 Å². The summed E-state index contributed by atoms with van der Waals surface area (Å²) in [5, 5.41) is 18.0. The van der Waals surface area contributed by atoms with Crippen LogP contribution in [-0.2, 0) is 5.72 Å². The van der Waals surface area contributed by atoms with Gasteiger partial charge in [0.15, 0.2) is 5.72 Å². The molecule has 0 bridgehead atoms. The first kappa shape index (κ1) is 10.4. The molecule has 1 aromatic rings. The van der Waals surface area contributed by atoms with Gasteiger partial charge in [-0.3, -0.25) is 10.5 Å². The van der Waals surface area contributed by atoms with Crippen LogP contribution >= 0.6 is 0 Å². The number of carbonyl (C=O) groups excluding carboxylic acids is 1. The van der Waals surface area contributed by atoms with Crippen LogP contribution in [0, 0.1) is 11.3 Å². The molecule has 14 heavy (non-hydrogen) atoms. The molecule has 4 heteroatoms. The van der Waals surface area contributed by atoms with Crippen LogP contribution in [0.1, 0.15) is 22.3 Å². The molecule has 0 fully saturated rings. The van der Waals surface area contributed by atoms with Crippen LogP contribution in [0.4, 0.5) is 0 Å². The minimum atomic E-state index is -1.64. The van der Waals surface area contributed by atoms with Crippen LogP contribution in [-0.4, -0.2) is 11.4 Å². The van der Waals surface area contributed by atoms with Gasteiger partial charge in [-0.1, -0.05) is 24.3 Å². The summed E-state index contributed by atoms with van der Waals surface area (Å²) in [5.74, 6) is 0. The van der Waals surface area contributed by atoms with Crippen molar-refractivity contribution in [2.45, 2.75) is 12.1 Å². The van der Waals surface area contributed by atoms with Gasteiger partial charge in [-0.05, 0) is 5.56 Å². The number of hydrogen-bond donors (Lipinski definition) is 2. The largest absolute Gasteiger partial charge is 0.371 e. The highest BCUT2D eigenvalue weighted by Gasteiger charge is 2.22. The van der Waals surface area contributed by atoms with Crippen molar-refractivity contribution < 1.29 is 9.90 Å². The van der Waals surface area contributed by atoms with E-state index in [0.29, 0.717) is 17.4 Å². The standard InChI is InChI=1S/C10H10N2O2/c11-6-5-10(12,14)9-3-1-8(7-13)2-4-9/h1-4,7,14H,5,12H2. The zero-order valence-corrected chi connectivity index (χ0v) is 7.47. The number of aliphatic hydroxyl groups is 1. The zero-order chi connectivity index (χ0) is 10.6. The fourth-order valence-corrected chi connectivity index (χ4v) is 1.07. The van der Waals surface area contributed by atoms with Crippen LogP contribution in [0.25, 0.3) is 0 Å². The zero-order valence-electron chi connectivity index (χ0n) is 7.47. The Bertz CT molecular complexity index is 363. The smallest absolute Gasteiger partial charge is 0.152 e. The van der Waals surface area contributed by atoms with Crippen molar-refractivity contribution in [3.63, 3.8) is 0 Å². The van der Waals surface area contributed by atoms with E-state index in [1.807, 2.05) is 0 Å². The molecule has 0 aliphatic rings. The highest BCUT2D eigenvalue weighted by atomic mass is 16.3. The minimum Gasteiger partial charge on any atom is -0.371 e. The summed E-state index contributed by atoms with van der Waals surface area (Å²) in [5.41, 5.74) is 4.76. The number of carbonyl (C=O) groups is 1. The molecule has 3 N–H and O–H groups in total. The van der Waals surface area contributed by atoms with E-state index < -0.39 is 5.72 Å². The van der Waals surface area contributed by atoms with Gasteiger partial charge < -0.3 is 5.11 Å². The second kappa shape index (κ2) is 4.01. The van der Waals surface area contributed by atoms with Crippen LogP contribution in [0.3, 0.4) is 0 Å². The lowest BCUT2D eigenvalue weighted by Gasteiger charge is -2.19. The van der Waals surface area contributed by atoms with Crippen LogP contribution < -0.4 is 5.73 Å². The minimum absolute atomic E-state index is 0.187. The van der Waals surface area contributed by atoms with E-state index in [4.69, 9.17) is 11.0 Å². The van der Waals surface area contributed by atoms with Gasteiger partial charge in [0.2, 0.25) is 0 Å². The molecule has 0 saturated carbocycles. The molecule has 1 atom stereocenters. The molecule has 0 aromatic heterocycles. The van der Waals surface area contributed by atoms with E-state index in [1.165, 1.54) is 24.3 Å². The van der Waals surface area contributed by atoms with E-state index in [-0.39, 0.29) is 6.42 Å². The maximum Gasteiger partial charge on any atom is 0.152 e. The lowest BCUT2D eigenvalue weighted by atomic mass is 10.00. The third-order valence-corrected chi connectivity index (χ3v) is 1.90. The Morgan fingerprint density at radius 1 is 1.50 bits per heavy atom. The summed E-state index contributed by atoms with van der Waals surface area (Å²) >= 11 is 0. The molecular formula is C10H10N2O2. The monoisotopic (exact) mass is 190 g/mol. The predicted molar refractivity (Wildman–Crippen MR) is 50.1 cm³/mol. The number of nitrogens with zero attached hydrogens (tertiary/aromatic N) is 1. The van der Waals surface area contributed by atoms with Crippen LogP contribution in [0.15, 0.2) is 24.3 Å². The van der Waals surface area contributed by atoms with Crippen molar-refractivity contribution in [2.24, 2.45) is 5.73 Å². The molecule has 0 aliphatic heterocycles. The fourth-order valence-electron chi connectivity index (χ4n) is 1.07. The van der Waals surface area contributed by atoms with Gasteiger partial charge in [-0.25, -0.2) is 0 Å². The highest BCUT2D eigenvalue weighted by Crippen LogP contribution is 2.18. The second-order valence-electron chi connectivity index (χ2n) is 3.00. The molecular weight excluding hydrogens is 180 g/mol. The van der Waals surface area contributed by atoms with Gasteiger partial charge in [0.25, 0.3) is 0 Å². The SMILES string of the molecule is N#CCC(N)(O)c1ccc(C=O)cc1. The lowest BCUT2D eigenvalue weighted by Crippen LogP contribution is -2.35. The number of aldehydes is 1. The molecule has 1 unspecified atom stereocenters. The number of nitriles is 1. The van der Waals surface area contributed by atoms with Crippen molar-refractivity contribution in [3.05, 3.63) is 35.4 Å². The van der Waals surface area contributed by atoms with Gasteiger partial charge in [0.05, 0.1) is 12.5 Å². The molecule has 1 rings (SSSR count). The number of benzene rings is 1. The number of nitrogens with two attached hydrogens (primary N) is 1. The van der Waals surface area contributed by atoms with E-state index in [0.717, 1.165) is 0 Å². The van der Waals surface area contributed by atoms with E-state index >= 15 is 0 Å². The van der Waals surface area contributed by atoms with Gasteiger partial charge >= 0.3 is 0 Å². The molecule has 0 aliphatic carbocycles. The van der Waals surface area contributed by atoms with Crippen molar-refractivity contribution in [1.82, 2.24) is 0 Å². The first-order chi connectivity index (χ1) is 6.60. The summed E-state index contributed by atoms with van der Waals surface area (Å²) < 4.78 is 0. The molecule has 0 spiro atoms. The van der Waals surface area contributed by atoms with Gasteiger partial charge in [-0.2, -0.15) is 5.26 Å². The normalized spacial score (nSPS) is 14.1. The number of rotatable bonds is 3. The van der Waals surface area contributed by atoms with E-state index in [1.54, 1.807) is 6.07 Å². The van der Waals surface area contributed by atoms with Crippen LogP contribution in [0.2, 0.25) is 0 Å². The Hall–Kier alpha value is -1.70. The fraction of sp³-hybridized carbons (Fsp3) is 0.200. The Kier molecular flexibility index (Phi) is 2.97. The summed E-state index contributed by atoms with van der Waals surface area (Å²) in [4.78, 5) is 10.3. The van der Waals surface area contributed by atoms with Crippen molar-refractivity contribution >= 4 is 6.29 Å². The Labute approximate surface area is 81.6 Å². The molecule has 0 saturated heterocycles. The maximum absolute atomic E-state index is 10.3. The Balaban J connectivity index is 2.97. The number of hydrogen-bond acceptors (Lipinski definition) is 4. The third-order valence-electron chi connectivity index (χ3n) is 1.90. The quantitative estimate of drug-likeness (QED) is 0.537. The molecule has 0 radical (unpaired) electrons. The van der Waals surface area contributed by atoms with E-state index in [9.17, 15) is 9.90 Å². The molecule has 4 nitrogen and oxygen atoms in total. The highest BCUT2D eigenvalue weighted by molar-refractivity contribution is 5.74. The first-order valence-electron chi connectivity index (χ1n) is 4.04. The lowest BCUT2D eigenvalue weighted by molar-refractivity contribution is 0.0486.